The van der Waals surface area contributed by atoms with E-state index in [0.29, 0.717) is 13.0 Å². The summed E-state index contributed by atoms with van der Waals surface area (Å²) in [6, 6.07) is 0. The van der Waals surface area contributed by atoms with Crippen molar-refractivity contribution in [2.24, 2.45) is 0 Å². The molecule has 13 heteroatoms. The van der Waals surface area contributed by atoms with E-state index in [4.69, 9.17) is 18.5 Å². The van der Waals surface area contributed by atoms with Gasteiger partial charge in [0.25, 0.3) is 0 Å². The summed E-state index contributed by atoms with van der Waals surface area (Å²) in [5, 5.41) is 50.1. The number of carbonyl (C=O) groups is 1. The van der Waals surface area contributed by atoms with Crippen molar-refractivity contribution < 1.29 is 58.3 Å². The molecule has 0 aromatic heterocycles. The Morgan fingerprint density at radius 2 is 0.855 bits per heavy atom. The van der Waals surface area contributed by atoms with E-state index in [1.807, 2.05) is 0 Å². The largest absolute Gasteiger partial charge is 0.472 e. The molecule has 6 unspecified atom stereocenters. The summed E-state index contributed by atoms with van der Waals surface area (Å²) in [6.07, 6.45) is 21.8. The first kappa shape index (κ1) is 52.4. The summed E-state index contributed by atoms with van der Waals surface area (Å²) in [7, 11) is -5.00. The first-order chi connectivity index (χ1) is 26.5. The van der Waals surface area contributed by atoms with Crippen LogP contribution in [0.2, 0.25) is 0 Å². The molecular formula is C42H83O12P. The molecule has 8 atom stereocenters. The monoisotopic (exact) mass is 811 g/mol. The van der Waals surface area contributed by atoms with Crippen molar-refractivity contribution in [2.75, 3.05) is 19.8 Å². The van der Waals surface area contributed by atoms with Gasteiger partial charge in [-0.05, 0) is 12.8 Å². The van der Waals surface area contributed by atoms with Crippen LogP contribution >= 0.6 is 7.82 Å². The molecule has 0 bridgehead atoms. The molecular weight excluding hydrogens is 727 g/mol. The van der Waals surface area contributed by atoms with E-state index in [1.54, 1.807) is 0 Å². The lowest BCUT2D eigenvalue weighted by Crippen LogP contribution is -2.64. The van der Waals surface area contributed by atoms with Crippen LogP contribution in [0.4, 0.5) is 0 Å². The number of aliphatic hydroxyl groups excluding tert-OH is 5. The Bertz CT molecular complexity index is 926. The van der Waals surface area contributed by atoms with Gasteiger partial charge in [-0.3, -0.25) is 13.8 Å². The number of carbonyl (C=O) groups excluding carboxylic acids is 1. The maximum absolute atomic E-state index is 12.8. The number of hydrogen-bond donors (Lipinski definition) is 6. The van der Waals surface area contributed by atoms with Gasteiger partial charge in [0, 0.05) is 13.0 Å². The summed E-state index contributed by atoms with van der Waals surface area (Å²) in [5.41, 5.74) is 0. The fraction of sp³-hybridized carbons (Fsp3) is 0.976. The quantitative estimate of drug-likeness (QED) is 0.0198. The predicted octanol–water partition coefficient (Wildman–Crippen LogP) is 8.59. The topological polar surface area (TPSA) is 192 Å². The van der Waals surface area contributed by atoms with Gasteiger partial charge >= 0.3 is 13.8 Å². The average molecular weight is 811 g/mol. The number of esters is 1. The Hall–Kier alpha value is -0.660. The number of ether oxygens (including phenoxy) is 2. The molecule has 12 nitrogen and oxygen atoms in total. The van der Waals surface area contributed by atoms with Gasteiger partial charge in [-0.1, -0.05) is 181 Å². The molecule has 0 heterocycles. The highest BCUT2D eigenvalue weighted by molar-refractivity contribution is 7.47. The predicted molar refractivity (Wildman–Crippen MR) is 217 cm³/mol. The van der Waals surface area contributed by atoms with Gasteiger partial charge in [-0.2, -0.15) is 0 Å². The lowest BCUT2D eigenvalue weighted by molar-refractivity contribution is -0.220. The Morgan fingerprint density at radius 1 is 0.509 bits per heavy atom. The highest BCUT2D eigenvalue weighted by atomic mass is 31.2. The molecule has 1 aliphatic carbocycles. The second kappa shape index (κ2) is 34.2. The Morgan fingerprint density at radius 3 is 1.25 bits per heavy atom. The number of rotatable bonds is 38. The summed E-state index contributed by atoms with van der Waals surface area (Å²) in [5.74, 6) is -0.475. The van der Waals surface area contributed by atoms with E-state index in [0.717, 1.165) is 38.5 Å². The Balaban J connectivity index is 2.35. The lowest BCUT2D eigenvalue weighted by atomic mass is 9.85. The summed E-state index contributed by atoms with van der Waals surface area (Å²) >= 11 is 0. The van der Waals surface area contributed by atoms with Gasteiger partial charge in [-0.25, -0.2) is 4.57 Å². The van der Waals surface area contributed by atoms with Crippen LogP contribution in [-0.4, -0.2) is 98.9 Å². The zero-order chi connectivity index (χ0) is 40.6. The normalized spacial score (nSPS) is 23.1. The smallest absolute Gasteiger partial charge is 0.457 e. The molecule has 1 fully saturated rings. The van der Waals surface area contributed by atoms with E-state index in [9.17, 15) is 39.8 Å². The van der Waals surface area contributed by atoms with Gasteiger partial charge in [0.1, 0.15) is 42.7 Å². The standard InChI is InChI=1S/C42H83O12P/c1-3-5-7-9-11-13-15-16-17-18-19-20-21-22-24-26-28-30-32-51-33-35(53-36(43)31-29-27-25-23-14-12-10-8-6-4-2)34-52-55(49,50)54-42-40(47)38(45)37(44)39(46)41(42)48/h35,37-42,44-48H,3-34H2,1-2H3,(H,49,50)/t35-,37?,38-,39?,40?,41?,42?/m1/s1. The number of phosphoric ester groups is 1. The van der Waals surface area contributed by atoms with E-state index >= 15 is 0 Å². The van der Waals surface area contributed by atoms with Gasteiger partial charge in [-0.15, -0.1) is 0 Å². The molecule has 0 aromatic rings. The number of hydrogen-bond acceptors (Lipinski definition) is 11. The van der Waals surface area contributed by atoms with Crippen LogP contribution in [0.1, 0.15) is 200 Å². The first-order valence-electron chi connectivity index (χ1n) is 22.4. The zero-order valence-electron chi connectivity index (χ0n) is 34.7. The van der Waals surface area contributed by atoms with Gasteiger partial charge in [0.05, 0.1) is 13.2 Å². The minimum atomic E-state index is -5.00. The maximum Gasteiger partial charge on any atom is 0.472 e. The third kappa shape index (κ3) is 26.9. The Labute approximate surface area is 334 Å². The molecule has 1 rings (SSSR count). The van der Waals surface area contributed by atoms with Crippen LogP contribution in [0.25, 0.3) is 0 Å². The van der Waals surface area contributed by atoms with Crippen LogP contribution in [0.3, 0.4) is 0 Å². The van der Waals surface area contributed by atoms with E-state index < -0.39 is 63.1 Å². The van der Waals surface area contributed by atoms with Crippen molar-refractivity contribution in [3.63, 3.8) is 0 Å². The van der Waals surface area contributed by atoms with Crippen molar-refractivity contribution >= 4 is 13.8 Å². The van der Waals surface area contributed by atoms with Gasteiger partial charge < -0.3 is 39.9 Å². The fourth-order valence-corrected chi connectivity index (χ4v) is 8.09. The summed E-state index contributed by atoms with van der Waals surface area (Å²) in [4.78, 5) is 23.0. The van der Waals surface area contributed by atoms with Crippen LogP contribution < -0.4 is 0 Å². The van der Waals surface area contributed by atoms with Crippen LogP contribution in [0, 0.1) is 0 Å². The van der Waals surface area contributed by atoms with Crippen LogP contribution in [0.5, 0.6) is 0 Å². The molecule has 6 N–H and O–H groups in total. The molecule has 0 spiro atoms. The minimum absolute atomic E-state index is 0.0684. The minimum Gasteiger partial charge on any atom is -0.457 e. The second-order valence-electron chi connectivity index (χ2n) is 15.9. The fourth-order valence-electron chi connectivity index (χ4n) is 7.12. The van der Waals surface area contributed by atoms with E-state index in [2.05, 4.69) is 13.8 Å². The molecule has 0 saturated heterocycles. The third-order valence-corrected chi connectivity index (χ3v) is 11.7. The van der Waals surface area contributed by atoms with E-state index in [1.165, 1.54) is 135 Å². The second-order valence-corrected chi connectivity index (χ2v) is 17.3. The first-order valence-corrected chi connectivity index (χ1v) is 23.9. The van der Waals surface area contributed by atoms with Crippen molar-refractivity contribution in [3.8, 4) is 0 Å². The van der Waals surface area contributed by atoms with Crippen LogP contribution in [-0.2, 0) is 27.9 Å². The zero-order valence-corrected chi connectivity index (χ0v) is 35.6. The molecule has 0 radical (unpaired) electrons. The molecule has 0 amide bonds. The van der Waals surface area contributed by atoms with Crippen molar-refractivity contribution in [1.29, 1.82) is 0 Å². The highest BCUT2D eigenvalue weighted by Crippen LogP contribution is 2.47. The maximum atomic E-state index is 12.8. The summed E-state index contributed by atoms with van der Waals surface area (Å²) < 4.78 is 34.1. The average Bonchev–Trinajstić information content (AvgIpc) is 3.17. The molecule has 0 aromatic carbocycles. The SMILES string of the molecule is CCCCCCCCCCCCCCCCCCCCOC[C@H](COP(=O)(O)OC1C(O)C(O)C(O)[C@@H](O)C1O)OC(=O)CCCCCCCCCCCC. The molecule has 0 aliphatic heterocycles. The van der Waals surface area contributed by atoms with Crippen molar-refractivity contribution in [1.82, 2.24) is 0 Å². The highest BCUT2D eigenvalue weighted by Gasteiger charge is 2.51. The van der Waals surface area contributed by atoms with E-state index in [-0.39, 0.29) is 13.0 Å². The number of phosphoric acid groups is 1. The Kier molecular flexibility index (Phi) is 32.6. The van der Waals surface area contributed by atoms with Crippen LogP contribution in [0.15, 0.2) is 0 Å². The molecule has 1 saturated carbocycles. The lowest BCUT2D eigenvalue weighted by Gasteiger charge is -2.41. The van der Waals surface area contributed by atoms with Gasteiger partial charge in [0.2, 0.25) is 0 Å². The third-order valence-electron chi connectivity index (χ3n) is 10.7. The summed E-state index contributed by atoms with van der Waals surface area (Å²) in [6.45, 7) is 4.26. The van der Waals surface area contributed by atoms with Gasteiger partial charge in [0.15, 0.2) is 0 Å². The molecule has 1 aliphatic rings. The molecule has 328 valence electrons. The molecule has 55 heavy (non-hydrogen) atoms. The van der Waals surface area contributed by atoms with Crippen molar-refractivity contribution in [3.05, 3.63) is 0 Å². The number of aliphatic hydroxyl groups is 5. The van der Waals surface area contributed by atoms with Crippen molar-refractivity contribution in [2.45, 2.75) is 243 Å². The number of unbranched alkanes of at least 4 members (excludes halogenated alkanes) is 26.